The number of hydrogen-bond acceptors (Lipinski definition) is 3. The van der Waals surface area contributed by atoms with Gasteiger partial charge in [0.1, 0.15) is 5.82 Å². The number of pyridine rings is 1. The van der Waals surface area contributed by atoms with Crippen LogP contribution in [0.3, 0.4) is 0 Å². The standard InChI is InChI=1S/C18H19FN4O/c1-13(2)23(11-14-10-20-12-21-14)17-7-6-15(9-16(17)19)22-8-4-3-5-18(22)24/h3-10,12-13H,11H2,1-2H3,(H,20,21). The number of benzene rings is 1. The fourth-order valence-electron chi connectivity index (χ4n) is 2.62. The minimum Gasteiger partial charge on any atom is -0.361 e. The predicted octanol–water partition coefficient (Wildman–Crippen LogP) is 3.11. The van der Waals surface area contributed by atoms with Crippen molar-refractivity contribution in [1.29, 1.82) is 0 Å². The van der Waals surface area contributed by atoms with Crippen LogP contribution in [0.1, 0.15) is 19.5 Å². The van der Waals surface area contributed by atoms with E-state index in [2.05, 4.69) is 9.97 Å². The zero-order valence-electron chi connectivity index (χ0n) is 13.6. The molecule has 2 aromatic heterocycles. The molecule has 2 heterocycles. The highest BCUT2D eigenvalue weighted by Gasteiger charge is 2.17. The Labute approximate surface area is 139 Å². The van der Waals surface area contributed by atoms with Gasteiger partial charge in [0.25, 0.3) is 5.56 Å². The van der Waals surface area contributed by atoms with Crippen LogP contribution in [0.4, 0.5) is 10.1 Å². The fraction of sp³-hybridized carbons (Fsp3) is 0.222. The molecule has 0 spiro atoms. The van der Waals surface area contributed by atoms with Crippen molar-refractivity contribution in [3.05, 3.63) is 77.0 Å². The van der Waals surface area contributed by atoms with E-state index in [0.717, 1.165) is 5.69 Å². The third kappa shape index (κ3) is 3.22. The number of imidazole rings is 1. The maximum absolute atomic E-state index is 14.7. The first kappa shape index (κ1) is 16.0. The van der Waals surface area contributed by atoms with Crippen LogP contribution in [-0.2, 0) is 6.54 Å². The summed E-state index contributed by atoms with van der Waals surface area (Å²) in [5.74, 6) is -0.368. The first-order valence-corrected chi connectivity index (χ1v) is 7.78. The Morgan fingerprint density at radius 3 is 2.75 bits per heavy atom. The molecular weight excluding hydrogens is 307 g/mol. The quantitative estimate of drug-likeness (QED) is 0.784. The second kappa shape index (κ2) is 6.70. The highest BCUT2D eigenvalue weighted by atomic mass is 19.1. The number of H-pyrrole nitrogens is 1. The van der Waals surface area contributed by atoms with Crippen molar-refractivity contribution in [2.45, 2.75) is 26.4 Å². The largest absolute Gasteiger partial charge is 0.361 e. The van der Waals surface area contributed by atoms with E-state index >= 15 is 0 Å². The lowest BCUT2D eigenvalue weighted by molar-refractivity contribution is 0.596. The van der Waals surface area contributed by atoms with Gasteiger partial charge in [-0.05, 0) is 32.0 Å². The van der Waals surface area contributed by atoms with Crippen LogP contribution < -0.4 is 10.5 Å². The molecule has 0 saturated carbocycles. The second-order valence-electron chi connectivity index (χ2n) is 5.83. The number of halogens is 1. The van der Waals surface area contributed by atoms with E-state index in [4.69, 9.17) is 0 Å². The zero-order chi connectivity index (χ0) is 17.1. The smallest absolute Gasteiger partial charge is 0.255 e. The molecular formula is C18H19FN4O. The van der Waals surface area contributed by atoms with Crippen molar-refractivity contribution in [3.8, 4) is 5.69 Å². The number of nitrogens with one attached hydrogen (secondary N) is 1. The molecule has 1 N–H and O–H groups in total. The number of aromatic nitrogens is 3. The maximum Gasteiger partial charge on any atom is 0.255 e. The van der Waals surface area contributed by atoms with E-state index in [9.17, 15) is 9.18 Å². The monoisotopic (exact) mass is 326 g/mol. The van der Waals surface area contributed by atoms with Crippen molar-refractivity contribution in [3.63, 3.8) is 0 Å². The van der Waals surface area contributed by atoms with E-state index in [1.807, 2.05) is 18.7 Å². The van der Waals surface area contributed by atoms with Crippen LogP contribution in [0.15, 0.2) is 59.9 Å². The normalized spacial score (nSPS) is 11.0. The summed E-state index contributed by atoms with van der Waals surface area (Å²) in [7, 11) is 0. The summed E-state index contributed by atoms with van der Waals surface area (Å²) in [6.07, 6.45) is 5.03. The molecule has 0 aliphatic rings. The summed E-state index contributed by atoms with van der Waals surface area (Å²) in [6.45, 7) is 4.51. The van der Waals surface area contributed by atoms with Gasteiger partial charge in [-0.3, -0.25) is 9.36 Å². The number of rotatable bonds is 5. The molecule has 0 atom stereocenters. The topological polar surface area (TPSA) is 53.9 Å². The van der Waals surface area contributed by atoms with Gasteiger partial charge in [0.05, 0.1) is 29.9 Å². The minimum atomic E-state index is -0.368. The van der Waals surface area contributed by atoms with Crippen molar-refractivity contribution in [2.75, 3.05) is 4.90 Å². The van der Waals surface area contributed by atoms with Gasteiger partial charge in [-0.25, -0.2) is 9.37 Å². The average Bonchev–Trinajstić information content (AvgIpc) is 3.06. The zero-order valence-corrected chi connectivity index (χ0v) is 13.6. The van der Waals surface area contributed by atoms with Crippen molar-refractivity contribution < 1.29 is 4.39 Å². The summed E-state index contributed by atoms with van der Waals surface area (Å²) < 4.78 is 16.1. The van der Waals surface area contributed by atoms with Gasteiger partial charge < -0.3 is 9.88 Å². The number of nitrogens with zero attached hydrogens (tertiary/aromatic N) is 3. The lowest BCUT2D eigenvalue weighted by atomic mass is 10.2. The van der Waals surface area contributed by atoms with Crippen LogP contribution in [0.25, 0.3) is 5.69 Å². The van der Waals surface area contributed by atoms with Crippen LogP contribution in [0.2, 0.25) is 0 Å². The Morgan fingerprint density at radius 2 is 2.12 bits per heavy atom. The van der Waals surface area contributed by atoms with Gasteiger partial charge in [-0.2, -0.15) is 0 Å². The first-order chi connectivity index (χ1) is 11.6. The SMILES string of the molecule is CC(C)N(Cc1c[nH]cn1)c1ccc(-n2ccccc2=O)cc1F. The number of aromatic amines is 1. The Balaban J connectivity index is 1.96. The Morgan fingerprint density at radius 1 is 1.29 bits per heavy atom. The highest BCUT2D eigenvalue weighted by molar-refractivity contribution is 5.53. The molecule has 24 heavy (non-hydrogen) atoms. The molecule has 0 radical (unpaired) electrons. The highest BCUT2D eigenvalue weighted by Crippen LogP contribution is 2.25. The van der Waals surface area contributed by atoms with Gasteiger partial charge in [0.15, 0.2) is 0 Å². The van der Waals surface area contributed by atoms with Crippen LogP contribution in [-0.4, -0.2) is 20.6 Å². The molecule has 1 aromatic carbocycles. The molecule has 0 bridgehead atoms. The molecule has 6 heteroatoms. The number of anilines is 1. The summed E-state index contributed by atoms with van der Waals surface area (Å²) in [4.78, 5) is 20.9. The van der Waals surface area contributed by atoms with Crippen LogP contribution in [0, 0.1) is 5.82 Å². The van der Waals surface area contributed by atoms with Crippen LogP contribution in [0.5, 0.6) is 0 Å². The van der Waals surface area contributed by atoms with E-state index in [1.165, 1.54) is 16.7 Å². The molecule has 0 unspecified atom stereocenters. The van der Waals surface area contributed by atoms with Gasteiger partial charge in [0.2, 0.25) is 0 Å². The van der Waals surface area contributed by atoms with E-state index in [1.54, 1.807) is 43.0 Å². The maximum atomic E-state index is 14.7. The van der Waals surface area contributed by atoms with Crippen molar-refractivity contribution in [1.82, 2.24) is 14.5 Å². The summed E-state index contributed by atoms with van der Waals surface area (Å²) >= 11 is 0. The summed E-state index contributed by atoms with van der Waals surface area (Å²) in [6, 6.07) is 9.79. The van der Waals surface area contributed by atoms with Crippen molar-refractivity contribution >= 4 is 5.69 Å². The van der Waals surface area contributed by atoms with Gasteiger partial charge in [-0.15, -0.1) is 0 Å². The van der Waals surface area contributed by atoms with Crippen molar-refractivity contribution in [2.24, 2.45) is 0 Å². The summed E-state index contributed by atoms with van der Waals surface area (Å²) in [5, 5.41) is 0. The predicted molar refractivity (Wildman–Crippen MR) is 91.9 cm³/mol. The lowest BCUT2D eigenvalue weighted by Gasteiger charge is -2.29. The molecule has 3 aromatic rings. The van der Waals surface area contributed by atoms with Crippen LogP contribution >= 0.6 is 0 Å². The van der Waals surface area contributed by atoms with E-state index in [0.29, 0.717) is 17.9 Å². The molecule has 5 nitrogen and oxygen atoms in total. The fourth-order valence-corrected chi connectivity index (χ4v) is 2.62. The average molecular weight is 326 g/mol. The second-order valence-corrected chi connectivity index (χ2v) is 5.83. The molecule has 0 amide bonds. The van der Waals surface area contributed by atoms with Gasteiger partial charge in [-0.1, -0.05) is 6.07 Å². The third-order valence-corrected chi connectivity index (χ3v) is 3.85. The third-order valence-electron chi connectivity index (χ3n) is 3.85. The van der Waals surface area contributed by atoms with Gasteiger partial charge in [0, 0.05) is 30.6 Å². The lowest BCUT2D eigenvalue weighted by Crippen LogP contribution is -2.31. The van der Waals surface area contributed by atoms with E-state index < -0.39 is 0 Å². The first-order valence-electron chi connectivity index (χ1n) is 7.78. The summed E-state index contributed by atoms with van der Waals surface area (Å²) in [5.41, 5.74) is 1.64. The van der Waals surface area contributed by atoms with E-state index in [-0.39, 0.29) is 17.4 Å². The van der Waals surface area contributed by atoms with Gasteiger partial charge >= 0.3 is 0 Å². The number of hydrogen-bond donors (Lipinski definition) is 1. The molecule has 0 fully saturated rings. The molecule has 0 saturated heterocycles. The Kier molecular flexibility index (Phi) is 4.46. The Hall–Kier alpha value is -2.89. The Bertz CT molecular complexity index is 871. The molecule has 3 rings (SSSR count). The minimum absolute atomic E-state index is 0.0986. The molecule has 124 valence electrons. The molecule has 0 aliphatic heterocycles. The molecule has 0 aliphatic carbocycles.